The van der Waals surface area contributed by atoms with Gasteiger partial charge in [0.05, 0.1) is 12.3 Å². The molecule has 1 amide bonds. The number of benzene rings is 2. The molecule has 0 saturated carbocycles. The minimum absolute atomic E-state index is 0.464. The quantitative estimate of drug-likeness (QED) is 0.686. The van der Waals surface area contributed by atoms with Gasteiger partial charge in [-0.2, -0.15) is 0 Å². The number of halogens is 1. The maximum atomic E-state index is 12.3. The van der Waals surface area contributed by atoms with E-state index in [9.17, 15) is 9.59 Å². The number of hydrogen-bond donors (Lipinski definition) is 1. The molecule has 0 aromatic heterocycles. The molecule has 2 rings (SSSR count). The molecular formula is C20H22ClNO5. The molecule has 0 unspecified atom stereocenters. The summed E-state index contributed by atoms with van der Waals surface area (Å²) in [5.41, 5.74) is 0.512. The molecule has 0 radical (unpaired) electrons. The normalized spacial score (nSPS) is 12.6. The zero-order valence-electron chi connectivity index (χ0n) is 15.4. The Morgan fingerprint density at radius 3 is 2.37 bits per heavy atom. The minimum atomic E-state index is -0.997. The third-order valence-corrected chi connectivity index (χ3v) is 3.82. The molecule has 2 atom stereocenters. The molecule has 144 valence electrons. The fourth-order valence-electron chi connectivity index (χ4n) is 2.17. The van der Waals surface area contributed by atoms with E-state index in [0.29, 0.717) is 28.8 Å². The summed E-state index contributed by atoms with van der Waals surface area (Å²) in [6.45, 7) is 5.36. The van der Waals surface area contributed by atoms with Crippen molar-refractivity contribution < 1.29 is 23.8 Å². The van der Waals surface area contributed by atoms with Crippen LogP contribution < -0.4 is 14.8 Å². The van der Waals surface area contributed by atoms with Crippen LogP contribution in [-0.2, 0) is 14.3 Å². The highest BCUT2D eigenvalue weighted by Gasteiger charge is 2.24. The Kier molecular flexibility index (Phi) is 7.49. The molecule has 0 aliphatic carbocycles. The predicted octanol–water partition coefficient (Wildman–Crippen LogP) is 4.08. The second kappa shape index (κ2) is 9.83. The SMILES string of the molecule is CCOc1ccccc1NC(=O)[C@@H](C)OC(=O)[C@H](C)Oc1ccc(Cl)cc1. The van der Waals surface area contributed by atoms with Crippen molar-refractivity contribution in [1.82, 2.24) is 0 Å². The molecule has 0 fully saturated rings. The van der Waals surface area contributed by atoms with Gasteiger partial charge in [-0.15, -0.1) is 0 Å². The first-order valence-corrected chi connectivity index (χ1v) is 8.94. The molecule has 0 saturated heterocycles. The Morgan fingerprint density at radius 2 is 1.70 bits per heavy atom. The van der Waals surface area contributed by atoms with E-state index in [1.807, 2.05) is 6.92 Å². The highest BCUT2D eigenvalue weighted by Crippen LogP contribution is 2.24. The van der Waals surface area contributed by atoms with E-state index in [1.165, 1.54) is 6.92 Å². The van der Waals surface area contributed by atoms with Crippen molar-refractivity contribution in [3.05, 3.63) is 53.6 Å². The second-order valence-electron chi connectivity index (χ2n) is 5.71. The van der Waals surface area contributed by atoms with E-state index in [0.717, 1.165) is 0 Å². The number of para-hydroxylation sites is 2. The van der Waals surface area contributed by atoms with Crippen molar-refractivity contribution in [3.63, 3.8) is 0 Å². The van der Waals surface area contributed by atoms with Gasteiger partial charge in [-0.05, 0) is 57.2 Å². The minimum Gasteiger partial charge on any atom is -0.492 e. The number of nitrogens with one attached hydrogen (secondary N) is 1. The van der Waals surface area contributed by atoms with Crippen molar-refractivity contribution in [1.29, 1.82) is 0 Å². The molecule has 0 aliphatic rings. The number of anilines is 1. The summed E-state index contributed by atoms with van der Waals surface area (Å²) in [4.78, 5) is 24.5. The van der Waals surface area contributed by atoms with Gasteiger partial charge in [-0.25, -0.2) is 4.79 Å². The first-order chi connectivity index (χ1) is 12.9. The molecule has 6 nitrogen and oxygen atoms in total. The molecule has 0 spiro atoms. The largest absolute Gasteiger partial charge is 0.492 e. The Hall–Kier alpha value is -2.73. The number of esters is 1. The highest BCUT2D eigenvalue weighted by molar-refractivity contribution is 6.30. The average molecular weight is 392 g/mol. The molecule has 0 heterocycles. The fraction of sp³-hybridized carbons (Fsp3) is 0.300. The maximum Gasteiger partial charge on any atom is 0.347 e. The van der Waals surface area contributed by atoms with E-state index in [2.05, 4.69) is 5.32 Å². The van der Waals surface area contributed by atoms with E-state index >= 15 is 0 Å². The number of carbonyl (C=O) groups is 2. The van der Waals surface area contributed by atoms with Crippen molar-refractivity contribution in [3.8, 4) is 11.5 Å². The number of ether oxygens (including phenoxy) is 3. The van der Waals surface area contributed by atoms with Gasteiger partial charge in [-0.1, -0.05) is 23.7 Å². The molecule has 2 aromatic rings. The number of rotatable bonds is 8. The van der Waals surface area contributed by atoms with Crippen LogP contribution in [0.25, 0.3) is 0 Å². The van der Waals surface area contributed by atoms with Gasteiger partial charge >= 0.3 is 5.97 Å². The lowest BCUT2D eigenvalue weighted by Gasteiger charge is -2.18. The zero-order valence-corrected chi connectivity index (χ0v) is 16.2. The van der Waals surface area contributed by atoms with Gasteiger partial charge in [-0.3, -0.25) is 4.79 Å². The lowest BCUT2D eigenvalue weighted by Crippen LogP contribution is -2.35. The molecule has 1 N–H and O–H groups in total. The smallest absolute Gasteiger partial charge is 0.347 e. The standard InChI is InChI=1S/C20H22ClNO5/c1-4-25-18-8-6-5-7-17(18)22-19(23)13(2)27-20(24)14(3)26-16-11-9-15(21)10-12-16/h5-14H,4H2,1-3H3,(H,22,23)/t13-,14+/m1/s1. The Labute approximate surface area is 163 Å². The number of amides is 1. The highest BCUT2D eigenvalue weighted by atomic mass is 35.5. The number of hydrogen-bond acceptors (Lipinski definition) is 5. The van der Waals surface area contributed by atoms with Crippen LogP contribution in [0.5, 0.6) is 11.5 Å². The molecule has 7 heteroatoms. The Balaban J connectivity index is 1.91. The maximum absolute atomic E-state index is 12.3. The van der Waals surface area contributed by atoms with Crippen molar-refractivity contribution in [2.45, 2.75) is 33.0 Å². The third kappa shape index (κ3) is 6.18. The fourth-order valence-corrected chi connectivity index (χ4v) is 2.30. The van der Waals surface area contributed by atoms with Crippen LogP contribution in [0.1, 0.15) is 20.8 Å². The van der Waals surface area contributed by atoms with Crippen LogP contribution in [0, 0.1) is 0 Å². The topological polar surface area (TPSA) is 73.9 Å². The predicted molar refractivity (Wildman–Crippen MR) is 103 cm³/mol. The van der Waals surface area contributed by atoms with Crippen molar-refractivity contribution >= 4 is 29.2 Å². The molecule has 27 heavy (non-hydrogen) atoms. The van der Waals surface area contributed by atoms with Gasteiger partial charge < -0.3 is 19.5 Å². The number of carbonyl (C=O) groups excluding carboxylic acids is 2. The van der Waals surface area contributed by atoms with Crippen LogP contribution in [-0.4, -0.2) is 30.7 Å². The molecule has 2 aromatic carbocycles. The van der Waals surface area contributed by atoms with Gasteiger partial charge in [0.1, 0.15) is 11.5 Å². The zero-order chi connectivity index (χ0) is 19.8. The molecule has 0 bridgehead atoms. The summed E-state index contributed by atoms with van der Waals surface area (Å²) in [5.74, 6) is -0.0854. The van der Waals surface area contributed by atoms with E-state index < -0.39 is 24.1 Å². The Bertz CT molecular complexity index is 778. The Morgan fingerprint density at radius 1 is 1.04 bits per heavy atom. The van der Waals surface area contributed by atoms with Crippen molar-refractivity contribution in [2.24, 2.45) is 0 Å². The average Bonchev–Trinajstić information content (AvgIpc) is 2.65. The van der Waals surface area contributed by atoms with Crippen LogP contribution in [0.4, 0.5) is 5.69 Å². The summed E-state index contributed by atoms with van der Waals surface area (Å²) >= 11 is 5.81. The van der Waals surface area contributed by atoms with Crippen LogP contribution >= 0.6 is 11.6 Å². The van der Waals surface area contributed by atoms with Crippen LogP contribution in [0.3, 0.4) is 0 Å². The monoisotopic (exact) mass is 391 g/mol. The third-order valence-electron chi connectivity index (χ3n) is 3.57. The molecule has 0 aliphatic heterocycles. The summed E-state index contributed by atoms with van der Waals surface area (Å²) in [5, 5.41) is 3.26. The van der Waals surface area contributed by atoms with E-state index in [4.69, 9.17) is 25.8 Å². The first kappa shape index (κ1) is 20.6. The van der Waals surface area contributed by atoms with E-state index in [-0.39, 0.29) is 0 Å². The van der Waals surface area contributed by atoms with Gasteiger partial charge in [0.15, 0.2) is 12.2 Å². The lowest BCUT2D eigenvalue weighted by molar-refractivity contribution is -0.159. The second-order valence-corrected chi connectivity index (χ2v) is 6.15. The van der Waals surface area contributed by atoms with E-state index in [1.54, 1.807) is 55.5 Å². The first-order valence-electron chi connectivity index (χ1n) is 8.56. The van der Waals surface area contributed by atoms with Gasteiger partial charge in [0.2, 0.25) is 0 Å². The van der Waals surface area contributed by atoms with Gasteiger partial charge in [0.25, 0.3) is 5.91 Å². The lowest BCUT2D eigenvalue weighted by atomic mass is 10.2. The summed E-state index contributed by atoms with van der Waals surface area (Å²) in [7, 11) is 0. The van der Waals surface area contributed by atoms with Crippen molar-refractivity contribution in [2.75, 3.05) is 11.9 Å². The van der Waals surface area contributed by atoms with Crippen LogP contribution in [0.15, 0.2) is 48.5 Å². The van der Waals surface area contributed by atoms with Gasteiger partial charge in [0, 0.05) is 5.02 Å². The molecular weight excluding hydrogens is 370 g/mol. The summed E-state index contributed by atoms with van der Waals surface area (Å²) < 4.78 is 16.2. The van der Waals surface area contributed by atoms with Crippen LogP contribution in [0.2, 0.25) is 5.02 Å². The summed E-state index contributed by atoms with van der Waals surface area (Å²) in [6.07, 6.45) is -1.87. The summed E-state index contributed by atoms with van der Waals surface area (Å²) in [6, 6.07) is 13.6.